The molecule has 4 heteroatoms. The molecular formula is C16H22BrNO2. The zero-order valence-corrected chi connectivity index (χ0v) is 13.7. The van der Waals surface area contributed by atoms with E-state index in [-0.39, 0.29) is 5.91 Å². The summed E-state index contributed by atoms with van der Waals surface area (Å²) in [7, 11) is 0. The highest BCUT2D eigenvalue weighted by atomic mass is 79.9. The number of hydrogen-bond donors (Lipinski definition) is 0. The van der Waals surface area contributed by atoms with Crippen molar-refractivity contribution in [2.45, 2.75) is 26.8 Å². The summed E-state index contributed by atoms with van der Waals surface area (Å²) in [5.41, 5.74) is 1.16. The Balaban J connectivity index is 1.89. The number of halogens is 1. The second kappa shape index (κ2) is 7.11. The van der Waals surface area contributed by atoms with E-state index >= 15 is 0 Å². The molecule has 1 aromatic rings. The fourth-order valence-electron chi connectivity index (χ4n) is 2.28. The van der Waals surface area contributed by atoms with Gasteiger partial charge in [0.2, 0.25) is 5.91 Å². The van der Waals surface area contributed by atoms with Crippen molar-refractivity contribution in [1.29, 1.82) is 0 Å². The fourth-order valence-corrected chi connectivity index (χ4v) is 2.72. The van der Waals surface area contributed by atoms with Gasteiger partial charge >= 0.3 is 0 Å². The van der Waals surface area contributed by atoms with E-state index in [1.54, 1.807) is 0 Å². The van der Waals surface area contributed by atoms with Gasteiger partial charge < -0.3 is 9.64 Å². The molecule has 3 nitrogen and oxygen atoms in total. The molecule has 1 fully saturated rings. The molecule has 20 heavy (non-hydrogen) atoms. The summed E-state index contributed by atoms with van der Waals surface area (Å²) in [6.45, 7) is 6.56. The number of carbonyl (C=O) groups excluding carboxylic acids is 1. The van der Waals surface area contributed by atoms with Gasteiger partial charge in [0, 0.05) is 24.8 Å². The van der Waals surface area contributed by atoms with E-state index in [9.17, 15) is 4.79 Å². The number of likely N-dealkylation sites (tertiary alicyclic amines) is 1. The molecule has 1 unspecified atom stereocenters. The van der Waals surface area contributed by atoms with Gasteiger partial charge in [0.15, 0.2) is 0 Å². The van der Waals surface area contributed by atoms with Crippen LogP contribution in [0.3, 0.4) is 0 Å². The quantitative estimate of drug-likeness (QED) is 0.742. The molecule has 0 N–H and O–H groups in total. The van der Waals surface area contributed by atoms with Crippen molar-refractivity contribution in [1.82, 2.24) is 4.90 Å². The van der Waals surface area contributed by atoms with E-state index in [4.69, 9.17) is 4.74 Å². The van der Waals surface area contributed by atoms with E-state index in [2.05, 4.69) is 29.8 Å². The number of rotatable bonds is 6. The summed E-state index contributed by atoms with van der Waals surface area (Å²) in [6, 6.07) is 8.06. The van der Waals surface area contributed by atoms with Crippen LogP contribution in [0.5, 0.6) is 5.75 Å². The Morgan fingerprint density at radius 1 is 1.35 bits per heavy atom. The van der Waals surface area contributed by atoms with Crippen molar-refractivity contribution in [2.24, 2.45) is 11.8 Å². The highest BCUT2D eigenvalue weighted by Crippen LogP contribution is 2.22. The first-order valence-corrected chi connectivity index (χ1v) is 8.26. The number of alkyl halides is 1. The van der Waals surface area contributed by atoms with Crippen molar-refractivity contribution in [3.63, 3.8) is 0 Å². The van der Waals surface area contributed by atoms with Gasteiger partial charge in [-0.1, -0.05) is 41.9 Å². The molecule has 0 saturated carbocycles. The third-order valence-electron chi connectivity index (χ3n) is 3.39. The summed E-state index contributed by atoms with van der Waals surface area (Å²) >= 11 is 3.46. The van der Waals surface area contributed by atoms with E-state index < -0.39 is 0 Å². The number of nitrogens with zero attached hydrogens (tertiary/aromatic N) is 1. The molecule has 0 bridgehead atoms. The molecule has 1 atom stereocenters. The molecule has 1 heterocycles. The molecule has 2 rings (SSSR count). The van der Waals surface area contributed by atoms with Crippen LogP contribution in [0, 0.1) is 11.8 Å². The first kappa shape index (κ1) is 15.4. The zero-order valence-electron chi connectivity index (χ0n) is 12.1. The van der Waals surface area contributed by atoms with Gasteiger partial charge in [-0.15, -0.1) is 0 Å². The van der Waals surface area contributed by atoms with Gasteiger partial charge in [0.1, 0.15) is 5.75 Å². The second-order valence-electron chi connectivity index (χ2n) is 5.85. The molecule has 1 aromatic carbocycles. The van der Waals surface area contributed by atoms with Crippen molar-refractivity contribution in [3.8, 4) is 5.75 Å². The summed E-state index contributed by atoms with van der Waals surface area (Å²) in [4.78, 5) is 13.8. The van der Waals surface area contributed by atoms with Crippen LogP contribution in [0.15, 0.2) is 24.3 Å². The lowest BCUT2D eigenvalue weighted by Crippen LogP contribution is -2.24. The Bertz CT molecular complexity index is 444. The molecule has 0 radical (unpaired) electrons. The molecule has 0 aliphatic carbocycles. The smallest absolute Gasteiger partial charge is 0.223 e. The first-order valence-electron chi connectivity index (χ1n) is 7.14. The Morgan fingerprint density at radius 2 is 2.05 bits per heavy atom. The monoisotopic (exact) mass is 339 g/mol. The summed E-state index contributed by atoms with van der Waals surface area (Å²) < 4.78 is 5.66. The Morgan fingerprint density at radius 3 is 2.60 bits per heavy atom. The molecule has 0 spiro atoms. The minimum absolute atomic E-state index is 0.259. The predicted molar refractivity (Wildman–Crippen MR) is 84.1 cm³/mol. The third-order valence-corrected chi connectivity index (χ3v) is 4.31. The second-order valence-corrected chi connectivity index (χ2v) is 6.49. The lowest BCUT2D eigenvalue weighted by molar-refractivity contribution is -0.128. The average molecular weight is 340 g/mol. The number of hydrogen-bond acceptors (Lipinski definition) is 2. The maximum Gasteiger partial charge on any atom is 0.223 e. The molecule has 1 aliphatic heterocycles. The summed E-state index contributed by atoms with van der Waals surface area (Å²) in [5.74, 6) is 2.14. The van der Waals surface area contributed by atoms with E-state index in [0.717, 1.165) is 29.8 Å². The van der Waals surface area contributed by atoms with Crippen LogP contribution in [0.25, 0.3) is 0 Å². The minimum atomic E-state index is 0.259. The van der Waals surface area contributed by atoms with Crippen LogP contribution in [0.1, 0.15) is 25.8 Å². The maximum atomic E-state index is 11.9. The van der Waals surface area contributed by atoms with Crippen molar-refractivity contribution < 1.29 is 9.53 Å². The van der Waals surface area contributed by atoms with Gasteiger partial charge in [-0.05, 0) is 29.5 Å². The number of carbonyl (C=O) groups is 1. The fraction of sp³-hybridized carbons (Fsp3) is 0.562. The van der Waals surface area contributed by atoms with Gasteiger partial charge in [-0.3, -0.25) is 4.79 Å². The molecular weight excluding hydrogens is 318 g/mol. The van der Waals surface area contributed by atoms with Gasteiger partial charge in [-0.2, -0.15) is 0 Å². The highest BCUT2D eigenvalue weighted by molar-refractivity contribution is 9.09. The van der Waals surface area contributed by atoms with Crippen LogP contribution < -0.4 is 4.74 Å². The number of ether oxygens (including phenoxy) is 1. The summed E-state index contributed by atoms with van der Waals surface area (Å²) in [5, 5.41) is 0.900. The molecule has 1 aliphatic rings. The van der Waals surface area contributed by atoms with Crippen molar-refractivity contribution >= 4 is 21.8 Å². The first-order chi connectivity index (χ1) is 9.58. The predicted octanol–water partition coefficient (Wildman–Crippen LogP) is 3.46. The standard InChI is InChI=1S/C16H22BrNO2/c1-12(2)11-20-15-5-3-13(4-6-15)9-18-10-14(8-17)7-16(18)19/h3-6,12,14H,7-11H2,1-2H3. The Kier molecular flexibility index (Phi) is 5.46. The van der Waals surface area contributed by atoms with Gasteiger partial charge in [0.25, 0.3) is 0 Å². The molecule has 110 valence electrons. The van der Waals surface area contributed by atoms with Crippen LogP contribution in [-0.4, -0.2) is 29.3 Å². The molecule has 1 amide bonds. The minimum Gasteiger partial charge on any atom is -0.493 e. The number of amides is 1. The largest absolute Gasteiger partial charge is 0.493 e. The maximum absolute atomic E-state index is 11.9. The Labute approximate surface area is 129 Å². The van der Waals surface area contributed by atoms with Crippen LogP contribution in [0.4, 0.5) is 0 Å². The van der Waals surface area contributed by atoms with Gasteiger partial charge in [0.05, 0.1) is 6.61 Å². The van der Waals surface area contributed by atoms with Crippen molar-refractivity contribution in [3.05, 3.63) is 29.8 Å². The van der Waals surface area contributed by atoms with Crippen molar-refractivity contribution in [2.75, 3.05) is 18.5 Å². The normalized spacial score (nSPS) is 18.9. The highest BCUT2D eigenvalue weighted by Gasteiger charge is 2.28. The topological polar surface area (TPSA) is 29.5 Å². The molecule has 1 saturated heterocycles. The van der Waals surface area contributed by atoms with Crippen LogP contribution in [0.2, 0.25) is 0 Å². The lowest BCUT2D eigenvalue weighted by Gasteiger charge is -2.16. The third kappa shape index (κ3) is 4.23. The van der Waals surface area contributed by atoms with E-state index in [1.807, 2.05) is 29.2 Å². The SMILES string of the molecule is CC(C)COc1ccc(CN2CC(CBr)CC2=O)cc1. The van der Waals surface area contributed by atoms with E-state index in [0.29, 0.717) is 24.8 Å². The van der Waals surface area contributed by atoms with Crippen LogP contribution >= 0.6 is 15.9 Å². The van der Waals surface area contributed by atoms with Crippen LogP contribution in [-0.2, 0) is 11.3 Å². The average Bonchev–Trinajstić information content (AvgIpc) is 2.78. The van der Waals surface area contributed by atoms with E-state index in [1.165, 1.54) is 0 Å². The molecule has 0 aromatic heterocycles. The zero-order chi connectivity index (χ0) is 14.5. The van der Waals surface area contributed by atoms with Gasteiger partial charge in [-0.25, -0.2) is 0 Å². The summed E-state index contributed by atoms with van der Waals surface area (Å²) in [6.07, 6.45) is 0.667. The lowest BCUT2D eigenvalue weighted by atomic mass is 10.1. The Hall–Kier alpha value is -1.03. The number of benzene rings is 1.